The molecule has 1 fully saturated rings. The molecule has 10 heteroatoms. The predicted octanol–water partition coefficient (Wildman–Crippen LogP) is 8.60. The third-order valence-corrected chi connectivity index (χ3v) is 8.15. The molecule has 1 aliphatic carbocycles. The average molecular weight is 622 g/mol. The van der Waals surface area contributed by atoms with Crippen LogP contribution >= 0.6 is 23.2 Å². The number of rotatable bonds is 8. The zero-order valence-electron chi connectivity index (χ0n) is 22.7. The summed E-state index contributed by atoms with van der Waals surface area (Å²) < 4.78 is 57.4. The molecule has 0 unspecified atom stereocenters. The van der Waals surface area contributed by atoms with E-state index in [1.165, 1.54) is 6.07 Å². The molecule has 222 valence electrons. The number of allylic oxidation sites excluding steroid dienone is 1. The maximum absolute atomic E-state index is 12.9. The Hall–Kier alpha value is -3.07. The van der Waals surface area contributed by atoms with Gasteiger partial charge in [0.15, 0.2) is 0 Å². The SMILES string of the molecule is O=C(Nc1ccc2c(c1)CCCC(c1ccc(Cl)cc1Cl)=C2c1ccc(O[C@H]2CCN(CCCF)C2)cc1)C(F)(F)F. The Morgan fingerprint density at radius 1 is 1.00 bits per heavy atom. The Labute approximate surface area is 252 Å². The zero-order chi connectivity index (χ0) is 29.9. The number of halogens is 6. The van der Waals surface area contributed by atoms with Crippen LogP contribution in [0.5, 0.6) is 5.75 Å². The monoisotopic (exact) mass is 620 g/mol. The minimum Gasteiger partial charge on any atom is -0.489 e. The Bertz CT molecular complexity index is 1470. The number of alkyl halides is 4. The smallest absolute Gasteiger partial charge is 0.471 e. The lowest BCUT2D eigenvalue weighted by Crippen LogP contribution is -2.29. The number of carbonyl (C=O) groups excluding carboxylic acids is 1. The van der Waals surface area contributed by atoms with Crippen molar-refractivity contribution in [3.8, 4) is 5.75 Å². The molecule has 1 heterocycles. The van der Waals surface area contributed by atoms with E-state index in [4.69, 9.17) is 27.9 Å². The van der Waals surface area contributed by atoms with E-state index in [0.29, 0.717) is 29.3 Å². The van der Waals surface area contributed by atoms with E-state index in [0.717, 1.165) is 71.6 Å². The summed E-state index contributed by atoms with van der Waals surface area (Å²) in [5, 5.41) is 2.99. The molecule has 0 spiro atoms. The van der Waals surface area contributed by atoms with Crippen LogP contribution in [0.1, 0.15) is 47.9 Å². The van der Waals surface area contributed by atoms with Gasteiger partial charge in [0.05, 0.1) is 6.67 Å². The molecule has 0 bridgehead atoms. The number of carbonyl (C=O) groups is 1. The number of hydrogen-bond acceptors (Lipinski definition) is 3. The maximum Gasteiger partial charge on any atom is 0.471 e. The van der Waals surface area contributed by atoms with Crippen molar-refractivity contribution in [3.05, 3.63) is 93.0 Å². The summed E-state index contributed by atoms with van der Waals surface area (Å²) in [7, 11) is 0. The fourth-order valence-corrected chi connectivity index (χ4v) is 6.20. The number of nitrogens with zero attached hydrogens (tertiary/aromatic N) is 1. The van der Waals surface area contributed by atoms with Crippen LogP contribution in [-0.4, -0.2) is 49.4 Å². The first-order valence-electron chi connectivity index (χ1n) is 13.9. The number of anilines is 1. The highest BCUT2D eigenvalue weighted by molar-refractivity contribution is 6.36. The topological polar surface area (TPSA) is 41.6 Å². The Morgan fingerprint density at radius 2 is 1.76 bits per heavy atom. The maximum atomic E-state index is 12.9. The van der Waals surface area contributed by atoms with Gasteiger partial charge in [-0.25, -0.2) is 0 Å². The van der Waals surface area contributed by atoms with E-state index in [2.05, 4.69) is 4.90 Å². The fourth-order valence-electron chi connectivity index (χ4n) is 5.67. The minimum atomic E-state index is -4.98. The van der Waals surface area contributed by atoms with Gasteiger partial charge >= 0.3 is 12.1 Å². The molecule has 4 nitrogen and oxygen atoms in total. The van der Waals surface area contributed by atoms with Gasteiger partial charge in [-0.15, -0.1) is 0 Å². The van der Waals surface area contributed by atoms with Crippen molar-refractivity contribution in [1.82, 2.24) is 4.90 Å². The highest BCUT2D eigenvalue weighted by atomic mass is 35.5. The van der Waals surface area contributed by atoms with Crippen LogP contribution < -0.4 is 10.1 Å². The van der Waals surface area contributed by atoms with Crippen LogP contribution in [0, 0.1) is 0 Å². The lowest BCUT2D eigenvalue weighted by Gasteiger charge is -2.19. The van der Waals surface area contributed by atoms with Gasteiger partial charge in [0.1, 0.15) is 11.9 Å². The first-order valence-corrected chi connectivity index (χ1v) is 14.6. The van der Waals surface area contributed by atoms with Crippen molar-refractivity contribution in [2.24, 2.45) is 0 Å². The van der Waals surface area contributed by atoms with E-state index >= 15 is 0 Å². The van der Waals surface area contributed by atoms with Crippen molar-refractivity contribution in [1.29, 1.82) is 0 Å². The molecular weight excluding hydrogens is 591 g/mol. The first kappa shape index (κ1) is 30.4. The van der Waals surface area contributed by atoms with Crippen LogP contribution in [-0.2, 0) is 11.2 Å². The van der Waals surface area contributed by atoms with Gasteiger partial charge in [-0.3, -0.25) is 14.1 Å². The van der Waals surface area contributed by atoms with Gasteiger partial charge in [-0.2, -0.15) is 13.2 Å². The molecule has 1 saturated heterocycles. The summed E-state index contributed by atoms with van der Waals surface area (Å²) in [6, 6.07) is 18.0. The molecule has 0 saturated carbocycles. The van der Waals surface area contributed by atoms with Gasteiger partial charge in [0, 0.05) is 35.4 Å². The standard InChI is InChI=1S/C32H30Cl2F4N2O2/c33-22-7-11-27(29(34)18-22)28-4-1-3-21-17-23(39-31(41)32(36,37)38)8-12-26(21)30(28)20-5-9-24(10-6-20)42-25-13-16-40(19-25)15-2-14-35/h5-12,17-18,25H,1-4,13-16,19H2,(H,39,41)/t25-/m0/s1. The quantitative estimate of drug-likeness (QED) is 0.256. The van der Waals surface area contributed by atoms with Gasteiger partial charge in [-0.1, -0.05) is 47.5 Å². The van der Waals surface area contributed by atoms with E-state index in [-0.39, 0.29) is 18.5 Å². The minimum absolute atomic E-state index is 0.0297. The highest BCUT2D eigenvalue weighted by Gasteiger charge is 2.38. The van der Waals surface area contributed by atoms with Crippen molar-refractivity contribution < 1.29 is 27.1 Å². The van der Waals surface area contributed by atoms with Crippen LogP contribution in [0.3, 0.4) is 0 Å². The molecule has 1 aliphatic heterocycles. The second-order valence-electron chi connectivity index (χ2n) is 10.6. The van der Waals surface area contributed by atoms with Crippen LogP contribution in [0.2, 0.25) is 10.0 Å². The number of amides is 1. The molecule has 3 aromatic rings. The molecule has 2 aliphatic rings. The van der Waals surface area contributed by atoms with Crippen LogP contribution in [0.25, 0.3) is 11.1 Å². The molecule has 1 N–H and O–H groups in total. The zero-order valence-corrected chi connectivity index (χ0v) is 24.3. The van der Waals surface area contributed by atoms with Gasteiger partial charge in [-0.05, 0) is 102 Å². The number of benzene rings is 3. The fraction of sp³-hybridized carbons (Fsp3) is 0.344. The first-order chi connectivity index (χ1) is 20.1. The predicted molar refractivity (Wildman–Crippen MR) is 159 cm³/mol. The summed E-state index contributed by atoms with van der Waals surface area (Å²) in [6.45, 7) is 2.03. The van der Waals surface area contributed by atoms with Crippen molar-refractivity contribution in [2.75, 3.05) is 31.6 Å². The van der Waals surface area contributed by atoms with Gasteiger partial charge in [0.25, 0.3) is 0 Å². The molecule has 42 heavy (non-hydrogen) atoms. The van der Waals surface area contributed by atoms with Gasteiger partial charge < -0.3 is 10.1 Å². The Kier molecular flexibility index (Phi) is 9.45. The van der Waals surface area contributed by atoms with E-state index in [1.807, 2.05) is 35.6 Å². The molecule has 3 aromatic carbocycles. The lowest BCUT2D eigenvalue weighted by atomic mass is 9.87. The molecule has 1 amide bonds. The van der Waals surface area contributed by atoms with Crippen molar-refractivity contribution in [3.63, 3.8) is 0 Å². The highest BCUT2D eigenvalue weighted by Crippen LogP contribution is 2.43. The summed E-state index contributed by atoms with van der Waals surface area (Å²) in [5.74, 6) is -1.29. The van der Waals surface area contributed by atoms with E-state index in [1.54, 1.807) is 24.3 Å². The number of ether oxygens (including phenoxy) is 1. The number of fused-ring (bicyclic) bond motifs is 1. The normalized spacial score (nSPS) is 17.6. The molecule has 0 aromatic heterocycles. The molecular formula is C32H30Cl2F4N2O2. The van der Waals surface area contributed by atoms with Crippen molar-refractivity contribution in [2.45, 2.75) is 44.4 Å². The van der Waals surface area contributed by atoms with E-state index in [9.17, 15) is 22.4 Å². The van der Waals surface area contributed by atoms with Crippen LogP contribution in [0.15, 0.2) is 60.7 Å². The molecule has 1 atom stereocenters. The van der Waals surface area contributed by atoms with Crippen LogP contribution in [0.4, 0.5) is 23.2 Å². The lowest BCUT2D eigenvalue weighted by molar-refractivity contribution is -0.167. The Balaban J connectivity index is 1.50. The largest absolute Gasteiger partial charge is 0.489 e. The Morgan fingerprint density at radius 3 is 2.48 bits per heavy atom. The number of likely N-dealkylation sites (tertiary alicyclic amines) is 1. The number of nitrogens with one attached hydrogen (secondary N) is 1. The molecule has 5 rings (SSSR count). The second kappa shape index (κ2) is 13.1. The second-order valence-corrected chi connectivity index (χ2v) is 11.4. The number of aryl methyl sites for hydroxylation is 1. The summed E-state index contributed by atoms with van der Waals surface area (Å²) in [4.78, 5) is 13.8. The molecule has 0 radical (unpaired) electrons. The third kappa shape index (κ3) is 7.10. The summed E-state index contributed by atoms with van der Waals surface area (Å²) in [5.41, 5.74) is 5.40. The van der Waals surface area contributed by atoms with Gasteiger partial charge in [0.2, 0.25) is 0 Å². The average Bonchev–Trinajstić information content (AvgIpc) is 3.31. The van der Waals surface area contributed by atoms with Crippen molar-refractivity contribution >= 4 is 45.9 Å². The summed E-state index contributed by atoms with van der Waals surface area (Å²) in [6.07, 6.45) is -1.56. The third-order valence-electron chi connectivity index (χ3n) is 7.60. The number of hydrogen-bond donors (Lipinski definition) is 1. The summed E-state index contributed by atoms with van der Waals surface area (Å²) >= 11 is 12.9. The van der Waals surface area contributed by atoms with E-state index < -0.39 is 12.1 Å².